The summed E-state index contributed by atoms with van der Waals surface area (Å²) in [5.74, 6) is 0.775. The highest BCUT2D eigenvalue weighted by molar-refractivity contribution is 5.90. The number of carbonyl (C=O) groups excluding carboxylic acids is 1. The number of hydrogen-bond donors (Lipinski definition) is 1. The van der Waals surface area contributed by atoms with Crippen LogP contribution in [0.1, 0.15) is 25.8 Å². The standard InChI is InChI=1S/C15H19N3O2/c1-3-12-5-7-14(8-6-12)20-11-18-10-13(9-16-18)17-15(19)4-2/h5-10H,3-4,11H2,1-2H3,(H,17,19). The number of ether oxygens (including phenoxy) is 1. The summed E-state index contributed by atoms with van der Waals surface area (Å²) in [6.07, 6.45) is 4.82. The number of aryl methyl sites for hydroxylation is 1. The molecule has 20 heavy (non-hydrogen) atoms. The van der Waals surface area contributed by atoms with E-state index in [1.165, 1.54) is 5.56 Å². The third-order valence-corrected chi connectivity index (χ3v) is 2.93. The van der Waals surface area contributed by atoms with Gasteiger partial charge in [0.05, 0.1) is 18.1 Å². The van der Waals surface area contributed by atoms with E-state index < -0.39 is 0 Å². The van der Waals surface area contributed by atoms with Crippen molar-refractivity contribution >= 4 is 11.6 Å². The maximum atomic E-state index is 11.3. The summed E-state index contributed by atoms with van der Waals surface area (Å²) in [6, 6.07) is 7.99. The van der Waals surface area contributed by atoms with E-state index >= 15 is 0 Å². The van der Waals surface area contributed by atoms with Gasteiger partial charge in [0.2, 0.25) is 5.91 Å². The largest absolute Gasteiger partial charge is 0.471 e. The maximum absolute atomic E-state index is 11.3. The van der Waals surface area contributed by atoms with Crippen LogP contribution in [-0.2, 0) is 17.9 Å². The summed E-state index contributed by atoms with van der Waals surface area (Å²) < 4.78 is 7.26. The lowest BCUT2D eigenvalue weighted by molar-refractivity contribution is -0.115. The molecule has 1 aromatic carbocycles. The van der Waals surface area contributed by atoms with Crippen molar-refractivity contribution in [3.63, 3.8) is 0 Å². The molecule has 0 aliphatic carbocycles. The second-order valence-corrected chi connectivity index (χ2v) is 4.44. The fourth-order valence-electron chi connectivity index (χ4n) is 1.71. The number of nitrogens with one attached hydrogen (secondary N) is 1. The van der Waals surface area contributed by atoms with Gasteiger partial charge < -0.3 is 10.1 Å². The van der Waals surface area contributed by atoms with Crippen molar-refractivity contribution < 1.29 is 9.53 Å². The molecule has 0 atom stereocenters. The van der Waals surface area contributed by atoms with Crippen molar-refractivity contribution in [2.45, 2.75) is 33.4 Å². The second kappa shape index (κ2) is 6.75. The highest BCUT2D eigenvalue weighted by atomic mass is 16.5. The zero-order valence-corrected chi connectivity index (χ0v) is 11.8. The zero-order chi connectivity index (χ0) is 14.4. The fraction of sp³-hybridized carbons (Fsp3) is 0.333. The number of nitrogens with zero attached hydrogens (tertiary/aromatic N) is 2. The molecule has 0 spiro atoms. The Morgan fingerprint density at radius 1 is 1.30 bits per heavy atom. The SMILES string of the molecule is CCC(=O)Nc1cnn(COc2ccc(CC)cc2)c1. The quantitative estimate of drug-likeness (QED) is 0.880. The highest BCUT2D eigenvalue weighted by Crippen LogP contribution is 2.13. The van der Waals surface area contributed by atoms with Crippen LogP contribution in [0.2, 0.25) is 0 Å². The van der Waals surface area contributed by atoms with Gasteiger partial charge in [-0.15, -0.1) is 0 Å². The minimum atomic E-state index is -0.0272. The fourth-order valence-corrected chi connectivity index (χ4v) is 1.71. The first-order chi connectivity index (χ1) is 9.71. The van der Waals surface area contributed by atoms with E-state index in [0.29, 0.717) is 18.8 Å². The molecule has 1 aromatic heterocycles. The Morgan fingerprint density at radius 2 is 2.05 bits per heavy atom. The van der Waals surface area contributed by atoms with E-state index in [4.69, 9.17) is 4.74 Å². The normalized spacial score (nSPS) is 10.3. The maximum Gasteiger partial charge on any atom is 0.224 e. The van der Waals surface area contributed by atoms with Crippen molar-refractivity contribution in [3.8, 4) is 5.75 Å². The summed E-state index contributed by atoms with van der Waals surface area (Å²) in [4.78, 5) is 11.3. The number of anilines is 1. The number of carbonyl (C=O) groups is 1. The van der Waals surface area contributed by atoms with Gasteiger partial charge in [-0.3, -0.25) is 4.79 Å². The van der Waals surface area contributed by atoms with Crippen molar-refractivity contribution in [3.05, 3.63) is 42.2 Å². The number of hydrogen-bond acceptors (Lipinski definition) is 3. The van der Waals surface area contributed by atoms with E-state index in [1.54, 1.807) is 17.1 Å². The molecular weight excluding hydrogens is 254 g/mol. The molecule has 0 radical (unpaired) electrons. The van der Waals surface area contributed by atoms with Gasteiger partial charge in [0, 0.05) is 6.42 Å². The van der Waals surface area contributed by atoms with Gasteiger partial charge in [-0.25, -0.2) is 4.68 Å². The van der Waals surface area contributed by atoms with Gasteiger partial charge in [0.1, 0.15) is 5.75 Å². The molecule has 5 nitrogen and oxygen atoms in total. The monoisotopic (exact) mass is 273 g/mol. The Hall–Kier alpha value is -2.30. The lowest BCUT2D eigenvalue weighted by Gasteiger charge is -2.06. The highest BCUT2D eigenvalue weighted by Gasteiger charge is 2.02. The van der Waals surface area contributed by atoms with E-state index in [-0.39, 0.29) is 5.91 Å². The van der Waals surface area contributed by atoms with Crippen LogP contribution >= 0.6 is 0 Å². The van der Waals surface area contributed by atoms with Crippen LogP contribution in [0.15, 0.2) is 36.7 Å². The number of amides is 1. The average molecular weight is 273 g/mol. The molecule has 0 unspecified atom stereocenters. The Balaban J connectivity index is 1.88. The third kappa shape index (κ3) is 3.85. The molecule has 1 N–H and O–H groups in total. The Bertz CT molecular complexity index is 561. The molecule has 0 saturated heterocycles. The van der Waals surface area contributed by atoms with Crippen LogP contribution < -0.4 is 10.1 Å². The smallest absolute Gasteiger partial charge is 0.224 e. The number of benzene rings is 1. The van der Waals surface area contributed by atoms with Crippen molar-refractivity contribution in [1.82, 2.24) is 9.78 Å². The zero-order valence-electron chi connectivity index (χ0n) is 11.8. The van der Waals surface area contributed by atoms with Crippen LogP contribution in [0.25, 0.3) is 0 Å². The van der Waals surface area contributed by atoms with Crippen LogP contribution in [-0.4, -0.2) is 15.7 Å². The molecule has 2 rings (SSSR count). The number of rotatable bonds is 6. The summed E-state index contributed by atoms with van der Waals surface area (Å²) in [5.41, 5.74) is 1.96. The first-order valence-corrected chi connectivity index (χ1v) is 6.75. The summed E-state index contributed by atoms with van der Waals surface area (Å²) in [6.45, 7) is 4.24. The lowest BCUT2D eigenvalue weighted by Crippen LogP contribution is -2.09. The molecule has 0 bridgehead atoms. The first-order valence-electron chi connectivity index (χ1n) is 6.75. The number of aromatic nitrogens is 2. The van der Waals surface area contributed by atoms with E-state index in [2.05, 4.69) is 17.3 Å². The minimum Gasteiger partial charge on any atom is -0.471 e. The van der Waals surface area contributed by atoms with E-state index in [1.807, 2.05) is 31.2 Å². The molecule has 0 aliphatic heterocycles. The van der Waals surface area contributed by atoms with Gasteiger partial charge in [-0.1, -0.05) is 26.0 Å². The van der Waals surface area contributed by atoms with Crippen molar-refractivity contribution in [1.29, 1.82) is 0 Å². The van der Waals surface area contributed by atoms with E-state index in [0.717, 1.165) is 12.2 Å². The predicted octanol–water partition coefficient (Wildman–Crippen LogP) is 2.83. The third-order valence-electron chi connectivity index (χ3n) is 2.93. The van der Waals surface area contributed by atoms with Crippen LogP contribution in [0.3, 0.4) is 0 Å². The average Bonchev–Trinajstić information content (AvgIpc) is 2.93. The van der Waals surface area contributed by atoms with Crippen molar-refractivity contribution in [2.24, 2.45) is 0 Å². The van der Waals surface area contributed by atoms with Gasteiger partial charge in [0.25, 0.3) is 0 Å². The van der Waals surface area contributed by atoms with Gasteiger partial charge >= 0.3 is 0 Å². The Kier molecular flexibility index (Phi) is 4.76. The molecule has 0 aliphatic rings. The van der Waals surface area contributed by atoms with E-state index in [9.17, 15) is 4.79 Å². The molecule has 1 heterocycles. The second-order valence-electron chi connectivity index (χ2n) is 4.44. The molecular formula is C15H19N3O2. The van der Waals surface area contributed by atoms with Crippen LogP contribution in [0, 0.1) is 0 Å². The van der Waals surface area contributed by atoms with Gasteiger partial charge in [-0.2, -0.15) is 5.10 Å². The Morgan fingerprint density at radius 3 is 2.70 bits per heavy atom. The Labute approximate surface area is 118 Å². The molecule has 5 heteroatoms. The summed E-state index contributed by atoms with van der Waals surface area (Å²) in [7, 11) is 0. The van der Waals surface area contributed by atoms with Gasteiger partial charge in [0.15, 0.2) is 6.73 Å². The first kappa shape index (κ1) is 14.1. The molecule has 1 amide bonds. The molecule has 0 fully saturated rings. The molecule has 0 saturated carbocycles. The topological polar surface area (TPSA) is 56.2 Å². The lowest BCUT2D eigenvalue weighted by atomic mass is 10.2. The van der Waals surface area contributed by atoms with Gasteiger partial charge in [-0.05, 0) is 24.1 Å². The van der Waals surface area contributed by atoms with Crippen LogP contribution in [0.4, 0.5) is 5.69 Å². The summed E-state index contributed by atoms with van der Waals surface area (Å²) >= 11 is 0. The minimum absolute atomic E-state index is 0.0272. The molecule has 106 valence electrons. The van der Waals surface area contributed by atoms with Crippen molar-refractivity contribution in [2.75, 3.05) is 5.32 Å². The predicted molar refractivity (Wildman–Crippen MR) is 77.6 cm³/mol. The molecule has 2 aromatic rings. The van der Waals surface area contributed by atoms with Crippen LogP contribution in [0.5, 0.6) is 5.75 Å². The summed E-state index contributed by atoms with van der Waals surface area (Å²) in [5, 5.41) is 6.88.